The predicted octanol–water partition coefficient (Wildman–Crippen LogP) is 5.82. The van der Waals surface area contributed by atoms with Crippen LogP contribution in [0.4, 0.5) is 0 Å². The van der Waals surface area contributed by atoms with Crippen molar-refractivity contribution in [1.29, 1.82) is 0 Å². The maximum Gasteiger partial charge on any atom is 0.185 e. The Balaban J connectivity index is 1.59. The van der Waals surface area contributed by atoms with E-state index in [1.807, 2.05) is 54.6 Å². The van der Waals surface area contributed by atoms with Crippen LogP contribution >= 0.6 is 11.6 Å². The van der Waals surface area contributed by atoms with E-state index in [1.54, 1.807) is 36.4 Å². The second-order valence-electron chi connectivity index (χ2n) is 5.55. The fourth-order valence-corrected chi connectivity index (χ4v) is 2.52. The van der Waals surface area contributed by atoms with Crippen LogP contribution in [0.3, 0.4) is 0 Å². The van der Waals surface area contributed by atoms with E-state index in [-0.39, 0.29) is 5.78 Å². The Kier molecular flexibility index (Phi) is 5.65. The highest BCUT2D eigenvalue weighted by molar-refractivity contribution is 6.31. The van der Waals surface area contributed by atoms with Gasteiger partial charge in [0.05, 0.1) is 0 Å². The van der Waals surface area contributed by atoms with E-state index in [1.165, 1.54) is 0 Å². The van der Waals surface area contributed by atoms with E-state index in [0.29, 0.717) is 17.2 Å². The first-order valence-corrected chi connectivity index (χ1v) is 8.33. The summed E-state index contributed by atoms with van der Waals surface area (Å²) in [5.74, 6) is 0.717. The predicted molar refractivity (Wildman–Crippen MR) is 102 cm³/mol. The maximum atomic E-state index is 12.1. The van der Waals surface area contributed by atoms with Crippen LogP contribution in [0.1, 0.15) is 21.5 Å². The van der Waals surface area contributed by atoms with Crippen LogP contribution in [0.2, 0.25) is 5.02 Å². The molecular formula is C22H17ClO2. The largest absolute Gasteiger partial charge is 0.489 e. The van der Waals surface area contributed by atoms with Gasteiger partial charge in [0.1, 0.15) is 12.4 Å². The van der Waals surface area contributed by atoms with Crippen molar-refractivity contribution in [1.82, 2.24) is 0 Å². The van der Waals surface area contributed by atoms with Gasteiger partial charge in [0.2, 0.25) is 0 Å². The second kappa shape index (κ2) is 8.32. The van der Waals surface area contributed by atoms with Crippen LogP contribution in [0.5, 0.6) is 5.75 Å². The van der Waals surface area contributed by atoms with E-state index in [2.05, 4.69) is 0 Å². The zero-order valence-electron chi connectivity index (χ0n) is 13.6. The first-order valence-electron chi connectivity index (χ1n) is 7.95. The Hall–Kier alpha value is -2.84. The number of carbonyl (C=O) groups excluding carboxylic acids is 1. The van der Waals surface area contributed by atoms with Crippen LogP contribution in [0.15, 0.2) is 84.9 Å². The number of rotatable bonds is 6. The molecule has 0 radical (unpaired) electrons. The van der Waals surface area contributed by atoms with Gasteiger partial charge >= 0.3 is 0 Å². The van der Waals surface area contributed by atoms with Crippen molar-refractivity contribution in [3.63, 3.8) is 0 Å². The van der Waals surface area contributed by atoms with Gasteiger partial charge in [-0.15, -0.1) is 0 Å². The zero-order chi connectivity index (χ0) is 17.5. The third-order valence-electron chi connectivity index (χ3n) is 3.66. The standard InChI is InChI=1S/C22H17ClO2/c23-20-8-4-7-19(15-20)22(24)14-11-17-9-12-21(13-10-17)25-16-18-5-2-1-3-6-18/h1-15H,16H2. The van der Waals surface area contributed by atoms with Crippen molar-refractivity contribution in [2.45, 2.75) is 6.61 Å². The Morgan fingerprint density at radius 2 is 1.68 bits per heavy atom. The van der Waals surface area contributed by atoms with E-state index in [9.17, 15) is 4.79 Å². The monoisotopic (exact) mass is 348 g/mol. The van der Waals surface area contributed by atoms with Crippen LogP contribution in [-0.4, -0.2) is 5.78 Å². The minimum atomic E-state index is -0.0769. The van der Waals surface area contributed by atoms with Gasteiger partial charge in [-0.2, -0.15) is 0 Å². The van der Waals surface area contributed by atoms with Gasteiger partial charge in [0.15, 0.2) is 5.78 Å². The molecule has 0 atom stereocenters. The van der Waals surface area contributed by atoms with E-state index < -0.39 is 0 Å². The van der Waals surface area contributed by atoms with Crippen molar-refractivity contribution >= 4 is 23.5 Å². The summed E-state index contributed by atoms with van der Waals surface area (Å²) < 4.78 is 5.75. The highest BCUT2D eigenvalue weighted by Crippen LogP contribution is 2.16. The first-order chi connectivity index (χ1) is 12.2. The SMILES string of the molecule is O=C(C=Cc1ccc(OCc2ccccc2)cc1)c1cccc(Cl)c1. The highest BCUT2D eigenvalue weighted by Gasteiger charge is 2.02. The third-order valence-corrected chi connectivity index (χ3v) is 3.90. The van der Waals surface area contributed by atoms with Gasteiger partial charge in [-0.1, -0.05) is 72.3 Å². The van der Waals surface area contributed by atoms with Crippen molar-refractivity contribution in [2.75, 3.05) is 0 Å². The number of allylic oxidation sites excluding steroid dienone is 1. The molecule has 25 heavy (non-hydrogen) atoms. The number of ether oxygens (including phenoxy) is 1. The molecule has 0 N–H and O–H groups in total. The fourth-order valence-electron chi connectivity index (χ4n) is 2.33. The molecule has 3 aromatic carbocycles. The van der Waals surface area contributed by atoms with Gasteiger partial charge in [-0.05, 0) is 41.5 Å². The van der Waals surface area contributed by atoms with Gasteiger partial charge < -0.3 is 4.74 Å². The molecular weight excluding hydrogens is 332 g/mol. The molecule has 0 heterocycles. The molecule has 0 amide bonds. The summed E-state index contributed by atoms with van der Waals surface area (Å²) in [4.78, 5) is 12.1. The number of hydrogen-bond acceptors (Lipinski definition) is 2. The Bertz CT molecular complexity index is 868. The van der Waals surface area contributed by atoms with Crippen molar-refractivity contribution in [3.8, 4) is 5.75 Å². The minimum Gasteiger partial charge on any atom is -0.489 e. The lowest BCUT2D eigenvalue weighted by Gasteiger charge is -2.06. The van der Waals surface area contributed by atoms with Gasteiger partial charge in [-0.3, -0.25) is 4.79 Å². The van der Waals surface area contributed by atoms with Crippen LogP contribution < -0.4 is 4.74 Å². The average Bonchev–Trinajstić information content (AvgIpc) is 2.66. The Labute approximate surface area is 152 Å². The first kappa shape index (κ1) is 17.0. The molecule has 0 aromatic heterocycles. The normalized spacial score (nSPS) is 10.8. The summed E-state index contributed by atoms with van der Waals surface area (Å²) in [6.07, 6.45) is 3.33. The quantitative estimate of drug-likeness (QED) is 0.414. The molecule has 0 aliphatic rings. The fraction of sp³-hybridized carbons (Fsp3) is 0.0455. The number of carbonyl (C=O) groups is 1. The van der Waals surface area contributed by atoms with Gasteiger partial charge in [0.25, 0.3) is 0 Å². The third kappa shape index (κ3) is 5.07. The van der Waals surface area contributed by atoms with E-state index in [0.717, 1.165) is 16.9 Å². The van der Waals surface area contributed by atoms with Gasteiger partial charge in [-0.25, -0.2) is 0 Å². The zero-order valence-corrected chi connectivity index (χ0v) is 14.3. The summed E-state index contributed by atoms with van der Waals surface area (Å²) in [6.45, 7) is 0.531. The molecule has 0 aliphatic heterocycles. The second-order valence-corrected chi connectivity index (χ2v) is 5.99. The molecule has 0 saturated carbocycles. The molecule has 0 spiro atoms. The van der Waals surface area contributed by atoms with Crippen molar-refractivity contribution in [3.05, 3.63) is 107 Å². The molecule has 0 bridgehead atoms. The lowest BCUT2D eigenvalue weighted by atomic mass is 10.1. The summed E-state index contributed by atoms with van der Waals surface area (Å²) in [6, 6.07) is 24.6. The molecule has 0 unspecified atom stereocenters. The molecule has 0 fully saturated rings. The Morgan fingerprint density at radius 3 is 2.40 bits per heavy atom. The summed E-state index contributed by atoms with van der Waals surface area (Å²) in [7, 11) is 0. The topological polar surface area (TPSA) is 26.3 Å². The molecule has 124 valence electrons. The average molecular weight is 349 g/mol. The van der Waals surface area contributed by atoms with Crippen molar-refractivity contribution < 1.29 is 9.53 Å². The molecule has 2 nitrogen and oxygen atoms in total. The minimum absolute atomic E-state index is 0.0769. The molecule has 3 heteroatoms. The van der Waals surface area contributed by atoms with Crippen molar-refractivity contribution in [2.24, 2.45) is 0 Å². The van der Waals surface area contributed by atoms with Gasteiger partial charge in [0, 0.05) is 10.6 Å². The number of halogens is 1. The van der Waals surface area contributed by atoms with Crippen LogP contribution in [0.25, 0.3) is 6.08 Å². The number of benzene rings is 3. The van der Waals surface area contributed by atoms with Crippen LogP contribution in [-0.2, 0) is 6.61 Å². The summed E-state index contributed by atoms with van der Waals surface area (Å²) in [5.41, 5.74) is 2.63. The molecule has 3 rings (SSSR count). The lowest BCUT2D eigenvalue weighted by molar-refractivity contribution is 0.104. The highest BCUT2D eigenvalue weighted by atomic mass is 35.5. The number of ketones is 1. The maximum absolute atomic E-state index is 12.1. The Morgan fingerprint density at radius 1 is 0.920 bits per heavy atom. The smallest absolute Gasteiger partial charge is 0.185 e. The molecule has 3 aromatic rings. The summed E-state index contributed by atoms with van der Waals surface area (Å²) in [5, 5.41) is 0.555. The van der Waals surface area contributed by atoms with Crippen LogP contribution in [0, 0.1) is 0 Å². The van der Waals surface area contributed by atoms with E-state index in [4.69, 9.17) is 16.3 Å². The lowest BCUT2D eigenvalue weighted by Crippen LogP contribution is -1.95. The summed E-state index contributed by atoms with van der Waals surface area (Å²) >= 11 is 5.91. The van der Waals surface area contributed by atoms with E-state index >= 15 is 0 Å². The molecule has 0 saturated heterocycles. The molecule has 0 aliphatic carbocycles. The number of hydrogen-bond donors (Lipinski definition) is 0.